The van der Waals surface area contributed by atoms with Crippen LogP contribution < -0.4 is 0 Å². The fourth-order valence-electron chi connectivity index (χ4n) is 2.19. The van der Waals surface area contributed by atoms with E-state index in [9.17, 15) is 4.39 Å². The van der Waals surface area contributed by atoms with Crippen LogP contribution in [0.4, 0.5) is 4.39 Å². The summed E-state index contributed by atoms with van der Waals surface area (Å²) in [7, 11) is 0. The number of hydrogen-bond acceptors (Lipinski definition) is 5. The highest BCUT2D eigenvalue weighted by Gasteiger charge is 2.14. The zero-order valence-electron chi connectivity index (χ0n) is 11.6. The van der Waals surface area contributed by atoms with Crippen molar-refractivity contribution in [2.75, 3.05) is 13.2 Å². The van der Waals surface area contributed by atoms with Gasteiger partial charge in [0, 0.05) is 12.2 Å². The van der Waals surface area contributed by atoms with Gasteiger partial charge in [0.15, 0.2) is 6.29 Å². The summed E-state index contributed by atoms with van der Waals surface area (Å²) in [5.74, 6) is 0.0880. The summed E-state index contributed by atoms with van der Waals surface area (Å²) < 4.78 is 24.2. The fraction of sp³-hybridized carbons (Fsp3) is 0.500. The van der Waals surface area contributed by atoms with Crippen LogP contribution in [-0.4, -0.2) is 39.7 Å². The lowest BCUT2D eigenvalue weighted by atomic mass is 10.2. The van der Waals surface area contributed by atoms with Crippen molar-refractivity contribution in [1.82, 2.24) is 20.2 Å². The zero-order chi connectivity index (χ0) is 14.5. The molecule has 1 fully saturated rings. The molecule has 3 rings (SSSR count). The Kier molecular flexibility index (Phi) is 4.52. The number of ether oxygens (including phenoxy) is 2. The lowest BCUT2D eigenvalue weighted by molar-refractivity contribution is -0.164. The van der Waals surface area contributed by atoms with E-state index in [0.717, 1.165) is 25.9 Å². The summed E-state index contributed by atoms with van der Waals surface area (Å²) in [6.45, 7) is 1.71. The summed E-state index contributed by atoms with van der Waals surface area (Å²) >= 11 is 0. The largest absolute Gasteiger partial charge is 0.353 e. The molecule has 1 aromatic carbocycles. The SMILES string of the molecule is Fc1cccc(-c2nnn(CCO[C@@H]3CCCCO3)n2)c1. The molecule has 1 atom stereocenters. The minimum atomic E-state index is -0.318. The summed E-state index contributed by atoms with van der Waals surface area (Å²) in [5.41, 5.74) is 0.609. The van der Waals surface area contributed by atoms with E-state index < -0.39 is 0 Å². The van der Waals surface area contributed by atoms with Gasteiger partial charge in [-0.25, -0.2) is 4.39 Å². The molecule has 6 nitrogen and oxygen atoms in total. The molecular formula is C14H17FN4O2. The van der Waals surface area contributed by atoms with Crippen LogP contribution in [0, 0.1) is 5.82 Å². The van der Waals surface area contributed by atoms with E-state index in [4.69, 9.17) is 9.47 Å². The van der Waals surface area contributed by atoms with Crippen LogP contribution in [0.25, 0.3) is 11.4 Å². The molecule has 1 saturated heterocycles. The van der Waals surface area contributed by atoms with E-state index in [1.165, 1.54) is 16.9 Å². The molecule has 2 heterocycles. The van der Waals surface area contributed by atoms with Crippen LogP contribution in [0.2, 0.25) is 0 Å². The van der Waals surface area contributed by atoms with E-state index in [2.05, 4.69) is 15.4 Å². The highest BCUT2D eigenvalue weighted by molar-refractivity contribution is 5.53. The Morgan fingerprint density at radius 3 is 3.14 bits per heavy atom. The van der Waals surface area contributed by atoms with E-state index in [1.54, 1.807) is 12.1 Å². The van der Waals surface area contributed by atoms with Crippen LogP contribution in [0.1, 0.15) is 19.3 Å². The first-order valence-corrected chi connectivity index (χ1v) is 7.08. The van der Waals surface area contributed by atoms with Gasteiger partial charge in [0.2, 0.25) is 5.82 Å². The average molecular weight is 292 g/mol. The highest BCUT2D eigenvalue weighted by atomic mass is 19.1. The fourth-order valence-corrected chi connectivity index (χ4v) is 2.19. The number of hydrogen-bond donors (Lipinski definition) is 0. The Morgan fingerprint density at radius 2 is 2.33 bits per heavy atom. The third-order valence-corrected chi connectivity index (χ3v) is 3.27. The molecule has 1 aliphatic heterocycles. The van der Waals surface area contributed by atoms with Crippen molar-refractivity contribution in [3.8, 4) is 11.4 Å². The first-order valence-electron chi connectivity index (χ1n) is 7.08. The van der Waals surface area contributed by atoms with E-state index in [1.807, 2.05) is 0 Å². The van der Waals surface area contributed by atoms with Gasteiger partial charge in [-0.15, -0.1) is 10.2 Å². The quantitative estimate of drug-likeness (QED) is 0.843. The molecule has 1 aliphatic rings. The van der Waals surface area contributed by atoms with Gasteiger partial charge in [-0.1, -0.05) is 12.1 Å². The van der Waals surface area contributed by atoms with Gasteiger partial charge in [0.25, 0.3) is 0 Å². The third-order valence-electron chi connectivity index (χ3n) is 3.27. The normalized spacial score (nSPS) is 18.8. The number of halogens is 1. The van der Waals surface area contributed by atoms with Gasteiger partial charge in [0.1, 0.15) is 5.82 Å². The van der Waals surface area contributed by atoms with Gasteiger partial charge in [-0.05, 0) is 36.6 Å². The lowest BCUT2D eigenvalue weighted by Crippen LogP contribution is -2.24. The number of aromatic nitrogens is 4. The second-order valence-electron chi connectivity index (χ2n) is 4.89. The first kappa shape index (κ1) is 14.1. The molecule has 0 saturated carbocycles. The molecule has 0 bridgehead atoms. The molecule has 1 aromatic heterocycles. The molecule has 7 heteroatoms. The maximum Gasteiger partial charge on any atom is 0.205 e. The molecule has 0 spiro atoms. The Morgan fingerprint density at radius 1 is 1.38 bits per heavy atom. The van der Waals surface area contributed by atoms with Crippen molar-refractivity contribution < 1.29 is 13.9 Å². The molecule has 0 radical (unpaired) electrons. The minimum Gasteiger partial charge on any atom is -0.353 e. The van der Waals surface area contributed by atoms with Gasteiger partial charge < -0.3 is 9.47 Å². The van der Waals surface area contributed by atoms with Gasteiger partial charge in [-0.2, -0.15) is 4.80 Å². The summed E-state index contributed by atoms with van der Waals surface area (Å²) in [6.07, 6.45) is 3.04. The van der Waals surface area contributed by atoms with Crippen molar-refractivity contribution in [2.24, 2.45) is 0 Å². The maximum atomic E-state index is 13.2. The second-order valence-corrected chi connectivity index (χ2v) is 4.89. The molecule has 0 N–H and O–H groups in total. The van der Waals surface area contributed by atoms with Crippen molar-refractivity contribution in [3.05, 3.63) is 30.1 Å². The van der Waals surface area contributed by atoms with Crippen LogP contribution in [0.5, 0.6) is 0 Å². The zero-order valence-corrected chi connectivity index (χ0v) is 11.6. The second kappa shape index (κ2) is 6.73. The molecule has 2 aromatic rings. The Hall–Kier alpha value is -1.86. The van der Waals surface area contributed by atoms with E-state index in [0.29, 0.717) is 24.5 Å². The standard InChI is InChI=1S/C14H17FN4O2/c15-12-5-3-4-11(10-12)14-16-18-19(17-14)7-9-21-13-6-1-2-8-20-13/h3-5,10,13H,1-2,6-9H2/t13-/m1/s1. The summed E-state index contributed by atoms with van der Waals surface area (Å²) in [4.78, 5) is 1.45. The predicted octanol–water partition coefficient (Wildman–Crippen LogP) is 2.02. The molecule has 0 amide bonds. The summed E-state index contributed by atoms with van der Waals surface area (Å²) in [6, 6.07) is 6.13. The smallest absolute Gasteiger partial charge is 0.205 e. The third kappa shape index (κ3) is 3.83. The monoisotopic (exact) mass is 292 g/mol. The molecular weight excluding hydrogens is 275 g/mol. The molecule has 0 unspecified atom stereocenters. The van der Waals surface area contributed by atoms with Crippen molar-refractivity contribution in [1.29, 1.82) is 0 Å². The van der Waals surface area contributed by atoms with Crippen LogP contribution in [0.15, 0.2) is 24.3 Å². The Labute approximate surface area is 121 Å². The maximum absolute atomic E-state index is 13.2. The van der Waals surface area contributed by atoms with Gasteiger partial charge in [-0.3, -0.25) is 0 Å². The number of tetrazole rings is 1. The van der Waals surface area contributed by atoms with Gasteiger partial charge >= 0.3 is 0 Å². The first-order chi connectivity index (χ1) is 10.3. The Balaban J connectivity index is 1.53. The van der Waals surface area contributed by atoms with Crippen molar-refractivity contribution in [2.45, 2.75) is 32.1 Å². The number of nitrogens with zero attached hydrogens (tertiary/aromatic N) is 4. The molecule has 0 aliphatic carbocycles. The topological polar surface area (TPSA) is 62.1 Å². The average Bonchev–Trinajstić information content (AvgIpc) is 2.97. The minimum absolute atomic E-state index is 0.120. The Bertz CT molecular complexity index is 584. The number of benzene rings is 1. The van der Waals surface area contributed by atoms with Gasteiger partial charge in [0.05, 0.1) is 13.2 Å². The van der Waals surface area contributed by atoms with Crippen LogP contribution in [-0.2, 0) is 16.0 Å². The predicted molar refractivity (Wildman–Crippen MR) is 72.8 cm³/mol. The van der Waals surface area contributed by atoms with Crippen molar-refractivity contribution >= 4 is 0 Å². The molecule has 21 heavy (non-hydrogen) atoms. The van der Waals surface area contributed by atoms with E-state index in [-0.39, 0.29) is 12.1 Å². The molecule has 112 valence electrons. The highest BCUT2D eigenvalue weighted by Crippen LogP contribution is 2.15. The van der Waals surface area contributed by atoms with E-state index >= 15 is 0 Å². The number of rotatable bonds is 5. The summed E-state index contributed by atoms with van der Waals surface area (Å²) in [5, 5.41) is 12.1. The lowest BCUT2D eigenvalue weighted by Gasteiger charge is -2.22. The van der Waals surface area contributed by atoms with Crippen LogP contribution >= 0.6 is 0 Å². The van der Waals surface area contributed by atoms with Crippen molar-refractivity contribution in [3.63, 3.8) is 0 Å². The van der Waals surface area contributed by atoms with Crippen LogP contribution in [0.3, 0.4) is 0 Å².